The van der Waals surface area contributed by atoms with Crippen LogP contribution in [0.2, 0.25) is 0 Å². The highest BCUT2D eigenvalue weighted by atomic mass is 15.2. The topological polar surface area (TPSA) is 38.9 Å². The Morgan fingerprint density at radius 2 is 0.657 bits per heavy atom. The van der Waals surface area contributed by atoms with E-state index in [1.165, 1.54) is 21.9 Å². The van der Waals surface area contributed by atoms with Gasteiger partial charge in [-0.25, -0.2) is 9.97 Å². The lowest BCUT2D eigenvalue weighted by molar-refractivity contribution is 1.13. The molecule has 0 atom stereocenters. The zero-order chi connectivity index (χ0) is 44.5. The van der Waals surface area contributed by atoms with Crippen molar-refractivity contribution in [3.63, 3.8) is 0 Å². The second-order valence-electron chi connectivity index (χ2n) is 16.8. The Balaban J connectivity index is 0.946. The van der Waals surface area contributed by atoms with Gasteiger partial charge in [0, 0.05) is 51.5 Å². The van der Waals surface area contributed by atoms with E-state index in [1.807, 2.05) is 24.5 Å². The van der Waals surface area contributed by atoms with E-state index < -0.39 is 0 Å². The Morgan fingerprint density at radius 1 is 0.284 bits per heavy atom. The van der Waals surface area contributed by atoms with E-state index in [2.05, 4.69) is 251 Å². The molecule has 0 unspecified atom stereocenters. The lowest BCUT2D eigenvalue weighted by Gasteiger charge is -2.25. The number of anilines is 3. The highest BCUT2D eigenvalue weighted by molar-refractivity contribution is 5.91. The van der Waals surface area contributed by atoms with E-state index >= 15 is 0 Å². The van der Waals surface area contributed by atoms with Gasteiger partial charge in [0.25, 0.3) is 0 Å². The van der Waals surface area contributed by atoms with Gasteiger partial charge in [-0.15, -0.1) is 0 Å². The molecule has 3 aromatic heterocycles. The van der Waals surface area contributed by atoms with Crippen LogP contribution in [0.4, 0.5) is 17.1 Å². The first kappa shape index (κ1) is 39.5. The summed E-state index contributed by atoms with van der Waals surface area (Å²) in [6.07, 6.45) is 8.19. The van der Waals surface area contributed by atoms with Crippen molar-refractivity contribution in [2.45, 2.75) is 0 Å². The van der Waals surface area contributed by atoms with Gasteiger partial charge >= 0.3 is 0 Å². The van der Waals surface area contributed by atoms with Crippen molar-refractivity contribution < 1.29 is 0 Å². The molecule has 0 N–H and O–H groups in total. The molecule has 0 aliphatic carbocycles. The molecule has 5 heteroatoms. The van der Waals surface area contributed by atoms with Crippen molar-refractivity contribution in [1.82, 2.24) is 19.1 Å². The van der Waals surface area contributed by atoms with Crippen LogP contribution in [0.1, 0.15) is 0 Å². The van der Waals surface area contributed by atoms with Crippen LogP contribution in [-0.4, -0.2) is 19.1 Å². The van der Waals surface area contributed by atoms with Crippen molar-refractivity contribution >= 4 is 38.9 Å². The van der Waals surface area contributed by atoms with E-state index in [4.69, 9.17) is 9.97 Å². The molecule has 12 rings (SSSR count). The zero-order valence-corrected chi connectivity index (χ0v) is 36.6. The molecule has 0 saturated carbocycles. The van der Waals surface area contributed by atoms with E-state index in [9.17, 15) is 0 Å². The second-order valence-corrected chi connectivity index (χ2v) is 16.8. The maximum absolute atomic E-state index is 5.13. The fraction of sp³-hybridized carbons (Fsp3) is 0. The van der Waals surface area contributed by atoms with Crippen molar-refractivity contribution in [1.29, 1.82) is 0 Å². The molecule has 316 valence electrons. The number of rotatable bonds is 10. The van der Waals surface area contributed by atoms with Crippen LogP contribution >= 0.6 is 0 Å². The van der Waals surface area contributed by atoms with Crippen LogP contribution in [0.3, 0.4) is 0 Å². The number of fused-ring (bicyclic) bond motifs is 2. The van der Waals surface area contributed by atoms with Crippen LogP contribution in [-0.2, 0) is 0 Å². The lowest BCUT2D eigenvalue weighted by atomic mass is 9.94. The normalized spacial score (nSPS) is 11.3. The van der Waals surface area contributed by atoms with Crippen LogP contribution in [0.5, 0.6) is 0 Å². The monoisotopic (exact) mass is 857 g/mol. The predicted molar refractivity (Wildman–Crippen MR) is 278 cm³/mol. The molecule has 0 radical (unpaired) electrons. The van der Waals surface area contributed by atoms with Gasteiger partial charge in [-0.1, -0.05) is 133 Å². The fourth-order valence-electron chi connectivity index (χ4n) is 9.26. The summed E-state index contributed by atoms with van der Waals surface area (Å²) >= 11 is 0. The summed E-state index contributed by atoms with van der Waals surface area (Å²) in [5.74, 6) is 0.651. The Kier molecular flexibility index (Phi) is 10.1. The lowest BCUT2D eigenvalue weighted by Crippen LogP contribution is -2.11. The third-order valence-electron chi connectivity index (χ3n) is 12.7. The van der Waals surface area contributed by atoms with E-state index in [0.29, 0.717) is 5.82 Å². The van der Waals surface area contributed by atoms with E-state index in [1.54, 1.807) is 0 Å². The van der Waals surface area contributed by atoms with Gasteiger partial charge in [0.1, 0.15) is 0 Å². The molecule has 67 heavy (non-hydrogen) atoms. The first-order valence-corrected chi connectivity index (χ1v) is 22.6. The molecule has 0 spiro atoms. The van der Waals surface area contributed by atoms with Gasteiger partial charge in [0.15, 0.2) is 5.82 Å². The molecule has 12 aromatic rings. The standard InChI is InChI=1S/C62H43N5/c1-5-13-44(14-6-1)46-21-27-57(28-22-46)67(58-29-23-47(24-30-58)45-15-7-2-8-16-45)59-42-63-62(64-43-59)54-40-52(48-25-31-60-50(37-48)33-35-65(60)55-17-9-3-10-18-55)39-53(41-54)49-26-32-61-51(38-49)34-36-66(61)56-19-11-4-12-20-56/h1-43H. The van der Waals surface area contributed by atoms with Crippen molar-refractivity contribution in [3.05, 3.63) is 261 Å². The number of hydrogen-bond acceptors (Lipinski definition) is 3. The minimum absolute atomic E-state index is 0.651. The van der Waals surface area contributed by atoms with Gasteiger partial charge in [0.2, 0.25) is 0 Å². The molecule has 9 aromatic carbocycles. The van der Waals surface area contributed by atoms with Crippen molar-refractivity contribution in [2.24, 2.45) is 0 Å². The third-order valence-corrected chi connectivity index (χ3v) is 12.7. The molecule has 0 saturated heterocycles. The van der Waals surface area contributed by atoms with Gasteiger partial charge in [-0.2, -0.15) is 0 Å². The van der Waals surface area contributed by atoms with Crippen LogP contribution < -0.4 is 4.90 Å². The zero-order valence-electron chi connectivity index (χ0n) is 36.6. The minimum Gasteiger partial charge on any atom is -0.317 e. The van der Waals surface area contributed by atoms with Crippen LogP contribution in [0.15, 0.2) is 261 Å². The Morgan fingerprint density at radius 3 is 1.09 bits per heavy atom. The smallest absolute Gasteiger partial charge is 0.159 e. The summed E-state index contributed by atoms with van der Waals surface area (Å²) in [6, 6.07) is 84.0. The van der Waals surface area contributed by atoms with Gasteiger partial charge < -0.3 is 14.0 Å². The molecule has 0 aliphatic heterocycles. The SMILES string of the molecule is c1ccc(-c2ccc(N(c3ccc(-c4ccccc4)cc3)c3cnc(-c4cc(-c5ccc6c(ccn6-c6ccccc6)c5)cc(-c5ccc6c(ccn6-c6ccccc6)c5)c4)nc3)cc2)cc1. The summed E-state index contributed by atoms with van der Waals surface area (Å²) in [6.45, 7) is 0. The quantitative estimate of drug-likeness (QED) is 0.138. The van der Waals surface area contributed by atoms with Crippen molar-refractivity contribution in [2.75, 3.05) is 4.90 Å². The first-order chi connectivity index (χ1) is 33.2. The summed E-state index contributed by atoms with van der Waals surface area (Å²) in [5.41, 5.74) is 17.5. The Labute approximate surface area is 389 Å². The average molecular weight is 858 g/mol. The van der Waals surface area contributed by atoms with Gasteiger partial charge in [0.05, 0.1) is 29.1 Å². The first-order valence-electron chi connectivity index (χ1n) is 22.6. The molecular formula is C62H43N5. The second kappa shape index (κ2) is 17.1. The Bertz CT molecular complexity index is 3420. The molecule has 0 fully saturated rings. The largest absolute Gasteiger partial charge is 0.317 e. The highest BCUT2D eigenvalue weighted by Crippen LogP contribution is 2.39. The molecule has 5 nitrogen and oxygen atoms in total. The summed E-state index contributed by atoms with van der Waals surface area (Å²) in [7, 11) is 0. The number of hydrogen-bond donors (Lipinski definition) is 0. The molecule has 0 aliphatic rings. The van der Waals surface area contributed by atoms with Gasteiger partial charge in [-0.05, 0) is 148 Å². The summed E-state index contributed by atoms with van der Waals surface area (Å²) in [4.78, 5) is 12.5. The number of aromatic nitrogens is 4. The maximum atomic E-state index is 5.13. The molecule has 3 heterocycles. The average Bonchev–Trinajstić information content (AvgIpc) is 4.05. The van der Waals surface area contributed by atoms with Crippen LogP contribution in [0.25, 0.3) is 89.1 Å². The summed E-state index contributed by atoms with van der Waals surface area (Å²) < 4.78 is 4.48. The number of para-hydroxylation sites is 2. The third kappa shape index (κ3) is 7.75. The fourth-order valence-corrected chi connectivity index (χ4v) is 9.26. The predicted octanol–water partition coefficient (Wildman–Crippen LogP) is 16.2. The highest BCUT2D eigenvalue weighted by Gasteiger charge is 2.17. The summed E-state index contributed by atoms with van der Waals surface area (Å²) in [5, 5.41) is 2.34. The molecular weight excluding hydrogens is 815 g/mol. The van der Waals surface area contributed by atoms with E-state index in [-0.39, 0.29) is 0 Å². The minimum atomic E-state index is 0.651. The number of nitrogens with zero attached hydrogens (tertiary/aromatic N) is 5. The molecule has 0 amide bonds. The van der Waals surface area contributed by atoms with E-state index in [0.717, 1.165) is 78.4 Å². The maximum Gasteiger partial charge on any atom is 0.159 e. The van der Waals surface area contributed by atoms with Crippen molar-refractivity contribution in [3.8, 4) is 67.3 Å². The van der Waals surface area contributed by atoms with Crippen LogP contribution in [0, 0.1) is 0 Å². The Hall–Kier alpha value is -9.06. The molecule has 0 bridgehead atoms. The number of benzene rings is 9. The van der Waals surface area contributed by atoms with Gasteiger partial charge in [-0.3, -0.25) is 0 Å².